The van der Waals surface area contributed by atoms with Crippen LogP contribution in [0.4, 0.5) is 14.7 Å². The topological polar surface area (TPSA) is 169 Å². The van der Waals surface area contributed by atoms with Gasteiger partial charge in [-0.2, -0.15) is 0 Å². The second kappa shape index (κ2) is 14.2. The molecule has 46 heavy (non-hydrogen) atoms. The monoisotopic (exact) mass is 673 g/mol. The van der Waals surface area contributed by atoms with Gasteiger partial charge in [-0.15, -0.1) is 11.3 Å². The van der Waals surface area contributed by atoms with Crippen LogP contribution < -0.4 is 10.6 Å². The van der Waals surface area contributed by atoms with Crippen molar-refractivity contribution in [1.82, 2.24) is 20.1 Å². The van der Waals surface area contributed by atoms with E-state index in [1.807, 2.05) is 24.3 Å². The van der Waals surface area contributed by atoms with Gasteiger partial charge in [-0.05, 0) is 71.2 Å². The van der Waals surface area contributed by atoms with Crippen molar-refractivity contribution in [3.8, 4) is 11.3 Å². The van der Waals surface area contributed by atoms with E-state index in [1.54, 1.807) is 65.8 Å². The smallest absolute Gasteiger partial charge is 0.410 e. The number of sulfone groups is 1. The summed E-state index contributed by atoms with van der Waals surface area (Å²) in [5, 5.41) is 26.5. The maximum atomic E-state index is 12.3. The summed E-state index contributed by atoms with van der Waals surface area (Å²) in [5.74, 6) is -0.244. The van der Waals surface area contributed by atoms with Crippen LogP contribution >= 0.6 is 11.3 Å². The molecule has 0 saturated heterocycles. The van der Waals surface area contributed by atoms with Crippen molar-refractivity contribution in [1.29, 1.82) is 0 Å². The fourth-order valence-electron chi connectivity index (χ4n) is 4.93. The maximum Gasteiger partial charge on any atom is 0.410 e. The lowest BCUT2D eigenvalue weighted by Crippen LogP contribution is -2.68. The molecule has 0 unspecified atom stereocenters. The molecule has 12 nitrogen and oxygen atoms in total. The zero-order valence-electron chi connectivity index (χ0n) is 27.4. The van der Waals surface area contributed by atoms with Gasteiger partial charge in [0.2, 0.25) is 5.91 Å². The average molecular weight is 674 g/mol. The van der Waals surface area contributed by atoms with Gasteiger partial charge in [0.1, 0.15) is 0 Å². The molecule has 2 aromatic carbocycles. The first-order valence-corrected chi connectivity index (χ1v) is 17.3. The third-order valence-corrected chi connectivity index (χ3v) is 9.11. The van der Waals surface area contributed by atoms with E-state index in [0.29, 0.717) is 30.2 Å². The molecule has 0 aliphatic rings. The summed E-state index contributed by atoms with van der Waals surface area (Å²) in [4.78, 5) is 44.4. The number of carbonyl (C=O) groups is 3. The lowest BCUT2D eigenvalue weighted by molar-refractivity contribution is -0.114. The summed E-state index contributed by atoms with van der Waals surface area (Å²) in [7, 11) is -3.32. The number of carbonyl (C=O) groups excluding carboxylic acids is 1. The van der Waals surface area contributed by atoms with Crippen molar-refractivity contribution < 1.29 is 33.0 Å². The minimum Gasteiger partial charge on any atom is -0.465 e. The minimum atomic E-state index is -3.32. The van der Waals surface area contributed by atoms with E-state index in [9.17, 15) is 33.0 Å². The van der Waals surface area contributed by atoms with Gasteiger partial charge in [0.25, 0.3) is 0 Å². The van der Waals surface area contributed by atoms with Crippen LogP contribution in [0.2, 0.25) is 0 Å². The first kappa shape index (κ1) is 36.5. The van der Waals surface area contributed by atoms with Gasteiger partial charge in [0, 0.05) is 47.7 Å². The van der Waals surface area contributed by atoms with Gasteiger partial charge in [-0.3, -0.25) is 19.9 Å². The molecular weight excluding hydrogens is 631 g/mol. The first-order valence-electron chi connectivity index (χ1n) is 14.6. The van der Waals surface area contributed by atoms with Crippen LogP contribution in [0.5, 0.6) is 0 Å². The zero-order valence-corrected chi connectivity index (χ0v) is 29.0. The molecule has 3 rings (SSSR count). The molecule has 0 saturated carbocycles. The molecule has 3 amide bonds. The molecule has 14 heteroatoms. The number of benzene rings is 2. The fourth-order valence-corrected chi connectivity index (χ4v) is 6.63. The number of amides is 3. The molecule has 1 heterocycles. The van der Waals surface area contributed by atoms with Crippen LogP contribution in [0.1, 0.15) is 64.5 Å². The van der Waals surface area contributed by atoms with Crippen LogP contribution in [-0.4, -0.2) is 81.7 Å². The van der Waals surface area contributed by atoms with Gasteiger partial charge < -0.3 is 15.5 Å². The summed E-state index contributed by atoms with van der Waals surface area (Å²) in [6.07, 6.45) is -1.49. The number of hydrogen-bond acceptors (Lipinski definition) is 8. The van der Waals surface area contributed by atoms with Crippen molar-refractivity contribution >= 4 is 44.4 Å². The van der Waals surface area contributed by atoms with E-state index in [2.05, 4.69) is 15.6 Å². The molecule has 0 aliphatic heterocycles. The second-order valence-corrected chi connectivity index (χ2v) is 16.1. The summed E-state index contributed by atoms with van der Waals surface area (Å²) in [5.41, 5.74) is 1.55. The van der Waals surface area contributed by atoms with Gasteiger partial charge in [-0.1, -0.05) is 36.4 Å². The molecule has 0 fully saturated rings. The van der Waals surface area contributed by atoms with Crippen LogP contribution in [-0.2, 0) is 27.5 Å². The highest BCUT2D eigenvalue weighted by Gasteiger charge is 2.42. The van der Waals surface area contributed by atoms with Gasteiger partial charge >= 0.3 is 12.2 Å². The average Bonchev–Trinajstić information content (AvgIpc) is 3.27. The molecule has 3 aromatic rings. The Hall–Kier alpha value is -4.01. The molecule has 250 valence electrons. The number of thiazole rings is 1. The Labute approximate surface area is 274 Å². The Morgan fingerprint density at radius 1 is 0.870 bits per heavy atom. The van der Waals surface area contributed by atoms with Gasteiger partial charge in [0.15, 0.2) is 21.3 Å². The zero-order chi connectivity index (χ0) is 34.6. The fraction of sp³-hybridized carbons (Fsp3) is 0.438. The number of nitrogens with one attached hydrogen (secondary N) is 2. The van der Waals surface area contributed by atoms with Crippen LogP contribution in [0.15, 0.2) is 53.4 Å². The van der Waals surface area contributed by atoms with Crippen LogP contribution in [0.25, 0.3) is 11.3 Å². The number of aromatic nitrogens is 1. The number of nitrogens with zero attached hydrogens (tertiary/aromatic N) is 3. The third kappa shape index (κ3) is 9.50. The quantitative estimate of drug-likeness (QED) is 0.186. The van der Waals surface area contributed by atoms with Gasteiger partial charge in [-0.25, -0.2) is 23.0 Å². The largest absolute Gasteiger partial charge is 0.465 e. The SMILES string of the molecule is CC(=O)Nc1nc(-c2ccc(CCNC(N(C(=O)O)C(C)(C)C)N(C(=O)O)C(C)(C)C)cc2)c(Cc2ccc(S(C)(=O)=O)cc2)s1. The van der Waals surface area contributed by atoms with Crippen molar-refractivity contribution in [2.45, 2.75) is 83.6 Å². The number of anilines is 1. The summed E-state index contributed by atoms with van der Waals surface area (Å²) in [6.45, 7) is 12.0. The van der Waals surface area contributed by atoms with E-state index in [4.69, 9.17) is 0 Å². The van der Waals surface area contributed by atoms with Crippen molar-refractivity contribution in [2.24, 2.45) is 0 Å². The molecule has 1 aromatic heterocycles. The Morgan fingerprint density at radius 2 is 1.37 bits per heavy atom. The normalized spacial score (nSPS) is 12.2. The van der Waals surface area contributed by atoms with Crippen molar-refractivity contribution in [3.05, 3.63) is 64.5 Å². The van der Waals surface area contributed by atoms with Gasteiger partial charge in [0.05, 0.1) is 10.6 Å². The Bertz CT molecular complexity index is 1620. The van der Waals surface area contributed by atoms with Crippen molar-refractivity contribution in [3.63, 3.8) is 0 Å². The predicted molar refractivity (Wildman–Crippen MR) is 179 cm³/mol. The second-order valence-electron chi connectivity index (χ2n) is 13.0. The lowest BCUT2D eigenvalue weighted by atomic mass is 10.0. The highest BCUT2D eigenvalue weighted by Crippen LogP contribution is 2.33. The van der Waals surface area contributed by atoms with E-state index in [1.165, 1.54) is 18.3 Å². The van der Waals surface area contributed by atoms with Crippen LogP contribution in [0, 0.1) is 0 Å². The maximum absolute atomic E-state index is 12.3. The molecule has 0 atom stereocenters. The van der Waals surface area contributed by atoms with Crippen LogP contribution in [0.3, 0.4) is 0 Å². The lowest BCUT2D eigenvalue weighted by Gasteiger charge is -2.48. The highest BCUT2D eigenvalue weighted by atomic mass is 32.2. The standard InChI is InChI=1S/C32H43N5O7S2/c1-20(38)34-27-35-26(25(45-27)19-22-11-15-24(16-12-22)46(8,43)44)23-13-9-21(10-14-23)17-18-33-28(36(29(39)40)31(2,3)4)37(30(41)42)32(5,6)7/h9-16,28,33H,17-19H2,1-8H3,(H,39,40)(H,41,42)(H,34,35,38). The molecular formula is C32H43N5O7S2. The highest BCUT2D eigenvalue weighted by molar-refractivity contribution is 7.90. The summed E-state index contributed by atoms with van der Waals surface area (Å²) < 4.78 is 23.7. The minimum absolute atomic E-state index is 0.235. The predicted octanol–water partition coefficient (Wildman–Crippen LogP) is 5.74. The number of rotatable bonds is 11. The molecule has 4 N–H and O–H groups in total. The molecule has 0 radical (unpaired) electrons. The Kier molecular flexibility index (Phi) is 11.2. The van der Waals surface area contributed by atoms with Crippen molar-refractivity contribution in [2.75, 3.05) is 18.1 Å². The first-order chi connectivity index (χ1) is 21.2. The number of carboxylic acid groups (broad SMARTS) is 2. The molecule has 0 aliphatic carbocycles. The summed E-state index contributed by atoms with van der Waals surface area (Å²) in [6, 6.07) is 14.3. The van der Waals surface area contributed by atoms with E-state index < -0.39 is 39.4 Å². The number of hydrogen-bond donors (Lipinski definition) is 4. The van der Waals surface area contributed by atoms with E-state index >= 15 is 0 Å². The Morgan fingerprint density at radius 3 is 1.80 bits per heavy atom. The van der Waals surface area contributed by atoms with E-state index in [-0.39, 0.29) is 10.8 Å². The Balaban J connectivity index is 1.85. The molecule has 0 spiro atoms. The van der Waals surface area contributed by atoms with E-state index in [0.717, 1.165) is 37.6 Å². The summed E-state index contributed by atoms with van der Waals surface area (Å²) >= 11 is 1.35. The molecule has 0 bridgehead atoms. The third-order valence-electron chi connectivity index (χ3n) is 7.01.